The van der Waals surface area contributed by atoms with Gasteiger partial charge in [-0.2, -0.15) is 0 Å². The Hall–Kier alpha value is -5.18. The van der Waals surface area contributed by atoms with E-state index in [0.717, 1.165) is 17.4 Å². The van der Waals surface area contributed by atoms with Crippen LogP contribution in [0.4, 0.5) is 0 Å². The maximum absolute atomic E-state index is 13.6. The Morgan fingerprint density at radius 1 is 0.833 bits per heavy atom. The maximum atomic E-state index is 13.6. The predicted octanol–water partition coefficient (Wildman–Crippen LogP) is -3.95. The van der Waals surface area contributed by atoms with E-state index in [1.54, 1.807) is 30.3 Å². The molecule has 1 aromatic carbocycles. The molecule has 2 rings (SSSR count). The lowest BCUT2D eigenvalue weighted by Gasteiger charge is -2.30. The van der Waals surface area contributed by atoms with Crippen LogP contribution in [0.5, 0.6) is 0 Å². The second-order valence-electron chi connectivity index (χ2n) is 13.0. The van der Waals surface area contributed by atoms with Crippen molar-refractivity contribution in [2.24, 2.45) is 11.5 Å². The van der Waals surface area contributed by atoms with Crippen molar-refractivity contribution in [3.05, 3.63) is 35.9 Å². The van der Waals surface area contributed by atoms with Crippen LogP contribution in [0.2, 0.25) is 0 Å². The van der Waals surface area contributed by atoms with Gasteiger partial charge in [-0.15, -0.1) is 0 Å². The number of aliphatic hydroxyl groups excluding tert-OH is 2. The van der Waals surface area contributed by atoms with Gasteiger partial charge in [0.05, 0.1) is 25.2 Å². The molecule has 54 heavy (non-hydrogen) atoms. The Labute approximate surface area is 311 Å². The number of unbranched alkanes of at least 4 members (excludes halogenated alkanes) is 1. The molecule has 8 atom stereocenters. The first-order valence-electron chi connectivity index (χ1n) is 17.6. The summed E-state index contributed by atoms with van der Waals surface area (Å²) in [6, 6.07) is -1.10. The van der Waals surface area contributed by atoms with Crippen LogP contribution in [0.25, 0.3) is 0 Å². The van der Waals surface area contributed by atoms with Crippen LogP contribution in [-0.2, 0) is 44.8 Å². The van der Waals surface area contributed by atoms with E-state index in [0.29, 0.717) is 25.8 Å². The number of likely N-dealkylation sites (tertiary alicyclic amines) is 1. The summed E-state index contributed by atoms with van der Waals surface area (Å²) < 4.78 is 0. The molecule has 0 bridgehead atoms. The molecule has 20 heteroatoms. The number of nitrogens with one attached hydrogen (secondary N) is 5. The van der Waals surface area contributed by atoms with Crippen molar-refractivity contribution in [2.75, 3.05) is 19.7 Å². The molecule has 1 aliphatic rings. The zero-order chi connectivity index (χ0) is 40.5. The summed E-state index contributed by atoms with van der Waals surface area (Å²) in [5.74, 6) is -8.42. The number of aliphatic hydroxyl groups is 2. The SMILES string of the molecule is C[C@H](NC(=O)[C@H](CO)NC(=O)[C@@H](N)Cc1ccccc1)C(=O)N[C@H](C(=O)N[C@@H](CC(=O)O)C(=O)N1CCC[C@H]1C(=O)N[C@@H](CCCCN)C(=O)O)[C@@H](C)O. The zero-order valence-electron chi connectivity index (χ0n) is 30.2. The number of amides is 6. The van der Waals surface area contributed by atoms with Crippen LogP contribution in [0.1, 0.15) is 57.9 Å². The first-order chi connectivity index (χ1) is 25.5. The van der Waals surface area contributed by atoms with Gasteiger partial charge >= 0.3 is 11.9 Å². The van der Waals surface area contributed by atoms with Crippen LogP contribution in [0, 0.1) is 0 Å². The smallest absolute Gasteiger partial charge is 0.326 e. The number of carbonyl (C=O) groups is 8. The van der Waals surface area contributed by atoms with Crippen molar-refractivity contribution in [3.8, 4) is 0 Å². The summed E-state index contributed by atoms with van der Waals surface area (Å²) in [7, 11) is 0. The molecule has 0 aliphatic carbocycles. The lowest BCUT2D eigenvalue weighted by molar-refractivity contribution is -0.147. The molecule has 1 saturated heterocycles. The van der Waals surface area contributed by atoms with Crippen LogP contribution in [0.3, 0.4) is 0 Å². The largest absolute Gasteiger partial charge is 0.481 e. The number of benzene rings is 1. The van der Waals surface area contributed by atoms with Gasteiger partial charge in [0.2, 0.25) is 35.4 Å². The second kappa shape index (κ2) is 22.1. The normalized spacial score (nSPS) is 17.7. The first kappa shape index (κ1) is 45.0. The summed E-state index contributed by atoms with van der Waals surface area (Å²) in [5, 5.41) is 50.6. The summed E-state index contributed by atoms with van der Waals surface area (Å²) in [4.78, 5) is 103. The minimum Gasteiger partial charge on any atom is -0.481 e. The molecule has 1 fully saturated rings. The third-order valence-corrected chi connectivity index (χ3v) is 8.66. The Bertz CT molecular complexity index is 1480. The number of hydrogen-bond acceptors (Lipinski definition) is 12. The average molecular weight is 765 g/mol. The fourth-order valence-corrected chi connectivity index (χ4v) is 5.65. The van der Waals surface area contributed by atoms with Crippen LogP contribution in [0.15, 0.2) is 30.3 Å². The fourth-order valence-electron chi connectivity index (χ4n) is 5.65. The minimum absolute atomic E-state index is 0.00411. The standard InChI is InChI=1S/C34H52N8O12/c1-18(37-30(49)24(17-43)40-29(48)21(36)15-20-9-4-3-5-10-20)28(47)41-27(19(2)44)32(51)39-23(16-26(45)46)33(52)42-14-8-12-25(42)31(50)38-22(34(53)54)11-6-7-13-35/h3-5,9-10,18-19,21-25,27,43-44H,6-8,11-17,35-36H2,1-2H3,(H,37,49)(H,38,50)(H,39,51)(H,40,48)(H,41,47)(H,45,46)(H,53,54)/t18-,19+,21-,22-,23-,24-,25-,27-/m0/s1. The molecule has 0 aromatic heterocycles. The van der Waals surface area contributed by atoms with E-state index in [9.17, 15) is 58.8 Å². The van der Waals surface area contributed by atoms with Gasteiger partial charge in [0.25, 0.3) is 0 Å². The Morgan fingerprint density at radius 2 is 1.48 bits per heavy atom. The first-order valence-corrected chi connectivity index (χ1v) is 17.6. The number of rotatable bonds is 22. The van der Waals surface area contributed by atoms with Gasteiger partial charge in [0, 0.05) is 6.54 Å². The molecule has 13 N–H and O–H groups in total. The van der Waals surface area contributed by atoms with Crippen molar-refractivity contribution in [2.45, 2.75) is 107 Å². The fraction of sp³-hybridized carbons (Fsp3) is 0.588. The number of nitrogens with zero attached hydrogens (tertiary/aromatic N) is 1. The van der Waals surface area contributed by atoms with Crippen molar-refractivity contribution < 1.29 is 58.8 Å². The van der Waals surface area contributed by atoms with Crippen LogP contribution in [-0.4, -0.2) is 141 Å². The highest BCUT2D eigenvalue weighted by Gasteiger charge is 2.40. The number of carboxylic acid groups (broad SMARTS) is 2. The number of nitrogens with two attached hydrogens (primary N) is 2. The van der Waals surface area contributed by atoms with Crippen molar-refractivity contribution in [3.63, 3.8) is 0 Å². The molecular formula is C34H52N8O12. The zero-order valence-corrected chi connectivity index (χ0v) is 30.2. The number of carbonyl (C=O) groups excluding carboxylic acids is 6. The molecule has 0 spiro atoms. The quantitative estimate of drug-likeness (QED) is 0.0503. The molecule has 1 heterocycles. The van der Waals surface area contributed by atoms with E-state index in [1.807, 2.05) is 0 Å². The van der Waals surface area contributed by atoms with Crippen molar-refractivity contribution >= 4 is 47.4 Å². The second-order valence-corrected chi connectivity index (χ2v) is 13.0. The van der Waals surface area contributed by atoms with Crippen molar-refractivity contribution in [1.29, 1.82) is 0 Å². The molecule has 0 unspecified atom stereocenters. The number of aliphatic carboxylic acids is 2. The molecule has 6 amide bonds. The number of carboxylic acids is 2. The monoisotopic (exact) mass is 764 g/mol. The predicted molar refractivity (Wildman–Crippen MR) is 190 cm³/mol. The van der Waals surface area contributed by atoms with E-state index in [4.69, 9.17) is 11.5 Å². The maximum Gasteiger partial charge on any atom is 0.326 e. The van der Waals surface area contributed by atoms with E-state index in [2.05, 4.69) is 26.6 Å². The Balaban J connectivity index is 2.08. The van der Waals surface area contributed by atoms with Crippen LogP contribution >= 0.6 is 0 Å². The Morgan fingerprint density at radius 3 is 2.06 bits per heavy atom. The molecule has 300 valence electrons. The van der Waals surface area contributed by atoms with Gasteiger partial charge in [-0.3, -0.25) is 33.6 Å². The van der Waals surface area contributed by atoms with Gasteiger partial charge in [-0.05, 0) is 64.5 Å². The van der Waals surface area contributed by atoms with Gasteiger partial charge in [0.1, 0.15) is 36.3 Å². The molecular weight excluding hydrogens is 712 g/mol. The lowest BCUT2D eigenvalue weighted by atomic mass is 10.1. The molecule has 0 radical (unpaired) electrons. The van der Waals surface area contributed by atoms with Gasteiger partial charge < -0.3 is 63.4 Å². The van der Waals surface area contributed by atoms with Crippen molar-refractivity contribution in [1.82, 2.24) is 31.5 Å². The highest BCUT2D eigenvalue weighted by Crippen LogP contribution is 2.20. The minimum atomic E-state index is -1.77. The third-order valence-electron chi connectivity index (χ3n) is 8.66. The van der Waals surface area contributed by atoms with Gasteiger partial charge in [-0.1, -0.05) is 30.3 Å². The van der Waals surface area contributed by atoms with E-state index >= 15 is 0 Å². The molecule has 1 aliphatic heterocycles. The van der Waals surface area contributed by atoms with E-state index in [-0.39, 0.29) is 25.8 Å². The summed E-state index contributed by atoms with van der Waals surface area (Å²) in [6.07, 6.45) is -0.907. The highest BCUT2D eigenvalue weighted by molar-refractivity contribution is 5.98. The average Bonchev–Trinajstić information content (AvgIpc) is 3.61. The summed E-state index contributed by atoms with van der Waals surface area (Å²) in [5.41, 5.74) is 12.2. The molecule has 20 nitrogen and oxygen atoms in total. The third kappa shape index (κ3) is 14.0. The summed E-state index contributed by atoms with van der Waals surface area (Å²) >= 11 is 0. The highest BCUT2D eigenvalue weighted by atomic mass is 16.4. The number of hydrogen-bond donors (Lipinski definition) is 11. The molecule has 1 aromatic rings. The van der Waals surface area contributed by atoms with Crippen LogP contribution < -0.4 is 38.1 Å². The van der Waals surface area contributed by atoms with E-state index < -0.39 is 109 Å². The Kier molecular flexibility index (Phi) is 18.4. The van der Waals surface area contributed by atoms with Gasteiger partial charge in [0.15, 0.2) is 0 Å². The van der Waals surface area contributed by atoms with E-state index in [1.165, 1.54) is 6.92 Å². The lowest BCUT2D eigenvalue weighted by Crippen LogP contribution is -2.61. The molecule has 0 saturated carbocycles. The topological polar surface area (TPSA) is 333 Å². The summed E-state index contributed by atoms with van der Waals surface area (Å²) in [6.45, 7) is 1.82. The van der Waals surface area contributed by atoms with Gasteiger partial charge in [-0.25, -0.2) is 4.79 Å².